The van der Waals surface area contributed by atoms with Crippen LogP contribution in [0.15, 0.2) is 49.3 Å². The molecule has 3 aromatic rings. The van der Waals surface area contributed by atoms with Gasteiger partial charge in [0.05, 0.1) is 22.3 Å². The van der Waals surface area contributed by atoms with Crippen LogP contribution < -0.4 is 4.90 Å². The van der Waals surface area contributed by atoms with Crippen molar-refractivity contribution in [1.29, 1.82) is 0 Å². The number of aryl methyl sites for hydroxylation is 2. The summed E-state index contributed by atoms with van der Waals surface area (Å²) in [4.78, 5) is 39.7. The topological polar surface area (TPSA) is 75.6 Å². The lowest BCUT2D eigenvalue weighted by Crippen LogP contribution is -2.38. The first kappa shape index (κ1) is 31.7. The van der Waals surface area contributed by atoms with Gasteiger partial charge in [0.1, 0.15) is 0 Å². The first-order valence-corrected chi connectivity index (χ1v) is 16.6. The van der Waals surface area contributed by atoms with Gasteiger partial charge in [-0.25, -0.2) is 19.5 Å². The maximum absolute atomic E-state index is 13.7. The first-order valence-electron chi connectivity index (χ1n) is 15.8. The van der Waals surface area contributed by atoms with Crippen LogP contribution in [-0.2, 0) is 17.6 Å². The summed E-state index contributed by atoms with van der Waals surface area (Å²) < 4.78 is 7.11. The summed E-state index contributed by atoms with van der Waals surface area (Å²) in [5.41, 5.74) is 3.56. The Kier molecular flexibility index (Phi) is 12.4. The third-order valence-corrected chi connectivity index (χ3v) is 8.90. The molecule has 1 aliphatic rings. The summed E-state index contributed by atoms with van der Waals surface area (Å²) in [6.07, 6.45) is 18.3. The van der Waals surface area contributed by atoms with E-state index in [0.717, 1.165) is 73.6 Å². The standard InChI is InChI=1S/C34H46N4O3S/c1-4-7-10-13-16-26-18-19-30-29(23-26)36-33(42-30)38-31(25-37(34(38)40)22-15-12-9-6-3)41-32(39)28-24-35-21-20-27(28)17-14-11-8-5-2/h6,18-21,23-24,31H,3-5,7-17,22,25H2,1-2H3. The third-order valence-electron chi connectivity index (χ3n) is 7.87. The van der Waals surface area contributed by atoms with Crippen LogP contribution in [0, 0.1) is 0 Å². The molecule has 1 aliphatic heterocycles. The number of nitrogens with zero attached hydrogens (tertiary/aromatic N) is 4. The van der Waals surface area contributed by atoms with Gasteiger partial charge in [0.2, 0.25) is 6.23 Å². The molecule has 1 fully saturated rings. The highest BCUT2D eigenvalue weighted by Crippen LogP contribution is 2.34. The minimum absolute atomic E-state index is 0.170. The quantitative estimate of drug-likeness (QED) is 0.0841. The van der Waals surface area contributed by atoms with Gasteiger partial charge in [-0.2, -0.15) is 0 Å². The van der Waals surface area contributed by atoms with Crippen molar-refractivity contribution in [2.24, 2.45) is 0 Å². The van der Waals surface area contributed by atoms with Crippen LogP contribution in [0.2, 0.25) is 0 Å². The van der Waals surface area contributed by atoms with Crippen molar-refractivity contribution in [1.82, 2.24) is 14.9 Å². The van der Waals surface area contributed by atoms with Crippen LogP contribution in [-0.4, -0.2) is 46.2 Å². The summed E-state index contributed by atoms with van der Waals surface area (Å²) >= 11 is 1.47. The van der Waals surface area contributed by atoms with E-state index in [9.17, 15) is 9.59 Å². The average Bonchev–Trinajstić information content (AvgIpc) is 3.55. The van der Waals surface area contributed by atoms with Crippen LogP contribution in [0.25, 0.3) is 10.2 Å². The molecule has 0 spiro atoms. The van der Waals surface area contributed by atoms with E-state index in [1.165, 1.54) is 42.6 Å². The maximum Gasteiger partial charge on any atom is 0.341 e. The number of aromatic nitrogens is 2. The van der Waals surface area contributed by atoms with Crippen molar-refractivity contribution in [2.75, 3.05) is 18.0 Å². The Hall–Kier alpha value is -3.26. The van der Waals surface area contributed by atoms with Crippen molar-refractivity contribution in [3.8, 4) is 0 Å². The van der Waals surface area contributed by atoms with E-state index in [4.69, 9.17) is 9.72 Å². The fraction of sp³-hybridized carbons (Fsp3) is 0.529. The van der Waals surface area contributed by atoms with Crippen LogP contribution >= 0.6 is 11.3 Å². The van der Waals surface area contributed by atoms with Crippen molar-refractivity contribution in [2.45, 2.75) is 104 Å². The predicted molar refractivity (Wildman–Crippen MR) is 172 cm³/mol. The number of amides is 2. The number of carbonyl (C=O) groups excluding carboxylic acids is 2. The summed E-state index contributed by atoms with van der Waals surface area (Å²) in [5, 5.41) is 0.565. The van der Waals surface area contributed by atoms with Gasteiger partial charge in [-0.05, 0) is 74.3 Å². The lowest BCUT2D eigenvalue weighted by Gasteiger charge is -2.20. The Morgan fingerprint density at radius 1 is 1.05 bits per heavy atom. The second kappa shape index (κ2) is 16.4. The van der Waals surface area contributed by atoms with Gasteiger partial charge in [0.15, 0.2) is 5.13 Å². The van der Waals surface area contributed by atoms with Gasteiger partial charge in [-0.3, -0.25) is 4.98 Å². The molecule has 3 heterocycles. The Balaban J connectivity index is 1.54. The Bertz CT molecular complexity index is 1320. The van der Waals surface area contributed by atoms with E-state index in [2.05, 4.69) is 43.6 Å². The third kappa shape index (κ3) is 8.40. The number of unbranched alkanes of at least 4 members (excludes halogenated alkanes) is 8. The van der Waals surface area contributed by atoms with Gasteiger partial charge in [-0.15, -0.1) is 6.58 Å². The highest BCUT2D eigenvalue weighted by molar-refractivity contribution is 7.22. The molecule has 42 heavy (non-hydrogen) atoms. The van der Waals surface area contributed by atoms with Gasteiger partial charge in [-0.1, -0.05) is 75.9 Å². The number of hydrogen-bond donors (Lipinski definition) is 0. The molecular weight excluding hydrogens is 544 g/mol. The number of anilines is 1. The first-order chi connectivity index (χ1) is 20.5. The maximum atomic E-state index is 13.7. The van der Waals surface area contributed by atoms with E-state index >= 15 is 0 Å². The Morgan fingerprint density at radius 2 is 1.83 bits per heavy atom. The van der Waals surface area contributed by atoms with Crippen molar-refractivity contribution in [3.63, 3.8) is 0 Å². The number of thiazole rings is 1. The Labute approximate surface area is 255 Å². The molecular formula is C34H46N4O3S. The Morgan fingerprint density at radius 3 is 2.60 bits per heavy atom. The summed E-state index contributed by atoms with van der Waals surface area (Å²) in [6, 6.07) is 8.13. The number of fused-ring (bicyclic) bond motifs is 1. The molecule has 1 atom stereocenters. The van der Waals surface area contributed by atoms with Crippen molar-refractivity contribution >= 4 is 38.7 Å². The smallest absolute Gasteiger partial charge is 0.341 e. The van der Waals surface area contributed by atoms with Gasteiger partial charge < -0.3 is 9.64 Å². The molecule has 0 bridgehead atoms. The average molecular weight is 591 g/mol. The minimum Gasteiger partial charge on any atom is -0.435 e. The van der Waals surface area contributed by atoms with Crippen LogP contribution in [0.3, 0.4) is 0 Å². The minimum atomic E-state index is -0.758. The second-order valence-corrected chi connectivity index (χ2v) is 12.2. The number of benzene rings is 1. The fourth-order valence-electron chi connectivity index (χ4n) is 5.43. The van der Waals surface area contributed by atoms with Gasteiger partial charge in [0, 0.05) is 18.9 Å². The zero-order chi connectivity index (χ0) is 29.7. The highest BCUT2D eigenvalue weighted by atomic mass is 32.1. The lowest BCUT2D eigenvalue weighted by atomic mass is 10.0. The molecule has 7 nitrogen and oxygen atoms in total. The number of allylic oxidation sites excluding steroid dienone is 1. The molecule has 8 heteroatoms. The molecule has 0 saturated carbocycles. The molecule has 2 aromatic heterocycles. The molecule has 0 radical (unpaired) electrons. The van der Waals surface area contributed by atoms with Crippen LogP contribution in [0.1, 0.15) is 106 Å². The normalized spacial score (nSPS) is 15.1. The van der Waals surface area contributed by atoms with Crippen molar-refractivity contribution < 1.29 is 14.3 Å². The number of esters is 1. The number of hydrogen-bond acceptors (Lipinski definition) is 6. The molecule has 1 saturated heterocycles. The van der Waals surface area contributed by atoms with Gasteiger partial charge >= 0.3 is 12.0 Å². The summed E-state index contributed by atoms with van der Waals surface area (Å²) in [6.45, 7) is 9.11. The number of urea groups is 1. The van der Waals surface area contributed by atoms with Crippen molar-refractivity contribution in [3.05, 3.63) is 66.0 Å². The monoisotopic (exact) mass is 590 g/mol. The zero-order valence-corrected chi connectivity index (χ0v) is 26.2. The fourth-order valence-corrected chi connectivity index (χ4v) is 6.41. The summed E-state index contributed by atoms with van der Waals surface area (Å²) in [7, 11) is 0. The van der Waals surface area contributed by atoms with E-state index in [-0.39, 0.29) is 6.03 Å². The van der Waals surface area contributed by atoms with Crippen LogP contribution in [0.4, 0.5) is 9.93 Å². The van der Waals surface area contributed by atoms with E-state index in [0.29, 0.717) is 23.8 Å². The molecule has 226 valence electrons. The number of rotatable bonds is 18. The number of carbonyl (C=O) groups is 2. The zero-order valence-electron chi connectivity index (χ0n) is 25.4. The van der Waals surface area contributed by atoms with Crippen LogP contribution in [0.5, 0.6) is 0 Å². The largest absolute Gasteiger partial charge is 0.435 e. The van der Waals surface area contributed by atoms with Gasteiger partial charge in [0.25, 0.3) is 0 Å². The number of pyridine rings is 1. The number of ether oxygens (including phenoxy) is 1. The highest BCUT2D eigenvalue weighted by Gasteiger charge is 2.42. The second-order valence-electron chi connectivity index (χ2n) is 11.2. The summed E-state index contributed by atoms with van der Waals surface area (Å²) in [5.74, 6) is -0.444. The van der Waals surface area contributed by atoms with E-state index in [1.54, 1.807) is 22.2 Å². The molecule has 0 aliphatic carbocycles. The molecule has 1 unspecified atom stereocenters. The van der Waals surface area contributed by atoms with E-state index < -0.39 is 12.2 Å². The van der Waals surface area contributed by atoms with E-state index in [1.807, 2.05) is 12.1 Å². The molecule has 0 N–H and O–H groups in total. The molecule has 4 rings (SSSR count). The SMILES string of the molecule is C=CCCCCN1CC(OC(=O)c2cnccc2CCCCCC)N(c2nc3cc(CCCCCC)ccc3s2)C1=O. The lowest BCUT2D eigenvalue weighted by molar-refractivity contribution is 0.0324. The predicted octanol–water partition coefficient (Wildman–Crippen LogP) is 8.72. The molecule has 1 aromatic carbocycles. The molecule has 2 amide bonds.